The predicted octanol–water partition coefficient (Wildman–Crippen LogP) is 4.84. The number of rotatable bonds is 7. The van der Waals surface area contributed by atoms with Gasteiger partial charge >= 0.3 is 0 Å². The highest BCUT2D eigenvalue weighted by Crippen LogP contribution is 2.46. The number of phenols is 1. The molecule has 2 aromatic heterocycles. The number of furan rings is 1. The molecule has 2 N–H and O–H groups in total. The second-order valence-electron chi connectivity index (χ2n) is 8.14. The Balaban J connectivity index is 1.68. The second kappa shape index (κ2) is 8.62. The number of H-pyrrole nitrogens is 1. The number of aryl methyl sites for hydroxylation is 1. The number of phenolic OH excluding ortho intramolecular Hbond substituents is 1. The Kier molecular flexibility index (Phi) is 5.49. The number of hydrogen-bond acceptors (Lipinski definition) is 6. The van der Waals surface area contributed by atoms with E-state index in [1.54, 1.807) is 30.4 Å². The molecule has 1 aliphatic rings. The van der Waals surface area contributed by atoms with E-state index in [9.17, 15) is 9.90 Å². The molecule has 0 saturated heterocycles. The van der Waals surface area contributed by atoms with Crippen molar-refractivity contribution < 1.29 is 23.8 Å². The summed E-state index contributed by atoms with van der Waals surface area (Å²) in [7, 11) is 1.58. The largest absolute Gasteiger partial charge is 0.507 e. The number of ether oxygens (including phenoxy) is 2. The molecule has 3 heterocycles. The number of nitrogens with zero attached hydrogens (tertiary/aromatic N) is 2. The van der Waals surface area contributed by atoms with Gasteiger partial charge < -0.3 is 23.9 Å². The summed E-state index contributed by atoms with van der Waals surface area (Å²) in [5.41, 5.74) is 3.98. The van der Waals surface area contributed by atoms with E-state index in [2.05, 4.69) is 10.2 Å². The summed E-state index contributed by atoms with van der Waals surface area (Å²) < 4.78 is 16.8. The number of methoxy groups -OCH3 is 1. The molecule has 1 aliphatic heterocycles. The van der Waals surface area contributed by atoms with Crippen molar-refractivity contribution in [3.8, 4) is 28.5 Å². The summed E-state index contributed by atoms with van der Waals surface area (Å²) in [5.74, 6) is 1.76. The van der Waals surface area contributed by atoms with Gasteiger partial charge in [-0.1, -0.05) is 17.7 Å². The van der Waals surface area contributed by atoms with Crippen LogP contribution in [0.4, 0.5) is 0 Å². The van der Waals surface area contributed by atoms with Crippen molar-refractivity contribution in [2.75, 3.05) is 13.7 Å². The summed E-state index contributed by atoms with van der Waals surface area (Å²) in [6, 6.07) is 14.1. The third-order valence-electron chi connectivity index (χ3n) is 5.98. The first-order valence-electron chi connectivity index (χ1n) is 11.0. The quantitative estimate of drug-likeness (QED) is 0.410. The maximum absolute atomic E-state index is 13.5. The van der Waals surface area contributed by atoms with Crippen LogP contribution in [0.1, 0.15) is 45.9 Å². The van der Waals surface area contributed by atoms with Crippen LogP contribution >= 0.6 is 0 Å². The highest BCUT2D eigenvalue weighted by molar-refractivity contribution is 6.00. The van der Waals surface area contributed by atoms with Crippen LogP contribution in [-0.2, 0) is 6.54 Å². The van der Waals surface area contributed by atoms with Crippen LogP contribution in [-0.4, -0.2) is 39.8 Å². The van der Waals surface area contributed by atoms with Crippen LogP contribution in [0, 0.1) is 6.92 Å². The highest BCUT2D eigenvalue weighted by atomic mass is 16.5. The molecule has 5 rings (SSSR count). The SMILES string of the molecule is CCOc1ccc(C2c3c(-c4cc(C)ccc4O)n[nH]c3C(=O)N2Cc2ccco2)cc1OC. The zero-order valence-corrected chi connectivity index (χ0v) is 19.2. The van der Waals surface area contributed by atoms with E-state index in [-0.39, 0.29) is 18.2 Å². The Morgan fingerprint density at radius 3 is 2.76 bits per heavy atom. The molecule has 1 amide bonds. The number of nitrogens with one attached hydrogen (secondary N) is 1. The van der Waals surface area contributed by atoms with Crippen molar-refractivity contribution in [2.24, 2.45) is 0 Å². The first-order valence-corrected chi connectivity index (χ1v) is 11.0. The van der Waals surface area contributed by atoms with Gasteiger partial charge in [-0.05, 0) is 55.8 Å². The molecule has 0 bridgehead atoms. The Bertz CT molecular complexity index is 1340. The van der Waals surface area contributed by atoms with Crippen molar-refractivity contribution in [3.63, 3.8) is 0 Å². The van der Waals surface area contributed by atoms with Gasteiger partial charge in [0.2, 0.25) is 0 Å². The molecule has 0 fully saturated rings. The average molecular weight is 460 g/mol. The monoisotopic (exact) mass is 459 g/mol. The lowest BCUT2D eigenvalue weighted by Gasteiger charge is -2.26. The maximum Gasteiger partial charge on any atom is 0.273 e. The topological polar surface area (TPSA) is 101 Å². The van der Waals surface area contributed by atoms with Crippen LogP contribution in [0.2, 0.25) is 0 Å². The fourth-order valence-corrected chi connectivity index (χ4v) is 4.45. The Morgan fingerprint density at radius 2 is 2.03 bits per heavy atom. The number of aromatic hydroxyl groups is 1. The van der Waals surface area contributed by atoms with Crippen LogP contribution < -0.4 is 9.47 Å². The van der Waals surface area contributed by atoms with Gasteiger partial charge in [0.15, 0.2) is 11.5 Å². The molecular formula is C26H25N3O5. The van der Waals surface area contributed by atoms with Crippen molar-refractivity contribution >= 4 is 5.91 Å². The van der Waals surface area contributed by atoms with Gasteiger partial charge in [-0.25, -0.2) is 0 Å². The molecule has 4 aromatic rings. The number of amides is 1. The molecule has 0 spiro atoms. The normalized spacial score (nSPS) is 15.0. The minimum Gasteiger partial charge on any atom is -0.507 e. The van der Waals surface area contributed by atoms with Gasteiger partial charge in [-0.2, -0.15) is 5.10 Å². The first kappa shape index (κ1) is 21.6. The van der Waals surface area contributed by atoms with Crippen molar-refractivity contribution in [3.05, 3.63) is 82.9 Å². The zero-order valence-electron chi connectivity index (χ0n) is 19.2. The smallest absolute Gasteiger partial charge is 0.273 e. The summed E-state index contributed by atoms with van der Waals surface area (Å²) in [4.78, 5) is 15.3. The Morgan fingerprint density at radius 1 is 1.18 bits per heavy atom. The van der Waals surface area contributed by atoms with E-state index >= 15 is 0 Å². The lowest BCUT2D eigenvalue weighted by molar-refractivity contribution is 0.0716. The van der Waals surface area contributed by atoms with Gasteiger partial charge in [0.05, 0.1) is 32.6 Å². The highest BCUT2D eigenvalue weighted by Gasteiger charge is 2.43. The third kappa shape index (κ3) is 3.57. The molecule has 0 aliphatic carbocycles. The van der Waals surface area contributed by atoms with Gasteiger partial charge in [-0.15, -0.1) is 0 Å². The Hall–Kier alpha value is -4.20. The van der Waals surface area contributed by atoms with E-state index in [0.717, 1.165) is 11.1 Å². The molecule has 1 unspecified atom stereocenters. The lowest BCUT2D eigenvalue weighted by atomic mass is 9.94. The fraction of sp³-hybridized carbons (Fsp3) is 0.231. The molecule has 174 valence electrons. The van der Waals surface area contributed by atoms with E-state index < -0.39 is 6.04 Å². The fourth-order valence-electron chi connectivity index (χ4n) is 4.45. The van der Waals surface area contributed by atoms with Gasteiger partial charge in [0.1, 0.15) is 22.9 Å². The van der Waals surface area contributed by atoms with Gasteiger partial charge in [-0.3, -0.25) is 9.89 Å². The van der Waals surface area contributed by atoms with Crippen LogP contribution in [0.3, 0.4) is 0 Å². The van der Waals surface area contributed by atoms with Crippen LogP contribution in [0.5, 0.6) is 17.2 Å². The number of benzene rings is 2. The predicted molar refractivity (Wildman–Crippen MR) is 125 cm³/mol. The number of carbonyl (C=O) groups excluding carboxylic acids is 1. The number of hydrogen-bond donors (Lipinski definition) is 2. The Labute approximate surface area is 196 Å². The molecule has 2 aromatic carbocycles. The second-order valence-corrected chi connectivity index (χ2v) is 8.14. The van der Waals surface area contributed by atoms with E-state index in [4.69, 9.17) is 13.9 Å². The zero-order chi connectivity index (χ0) is 23.8. The standard InChI is InChI=1S/C26H25N3O5/c1-4-33-20-10-8-16(13-21(20)32-3)25-22-23(18-12-15(2)7-9-19(18)30)27-28-24(22)26(31)29(25)14-17-6-5-11-34-17/h5-13,25,30H,4,14H2,1-3H3,(H,27,28). The summed E-state index contributed by atoms with van der Waals surface area (Å²) in [6.45, 7) is 4.63. The van der Waals surface area contributed by atoms with Crippen molar-refractivity contribution in [1.82, 2.24) is 15.1 Å². The van der Waals surface area contributed by atoms with Gasteiger partial charge in [0, 0.05) is 11.1 Å². The average Bonchev–Trinajstić information content (AvgIpc) is 3.56. The van der Waals surface area contributed by atoms with E-state index in [0.29, 0.717) is 46.4 Å². The minimum absolute atomic E-state index is 0.0971. The number of fused-ring (bicyclic) bond motifs is 1. The summed E-state index contributed by atoms with van der Waals surface area (Å²) >= 11 is 0. The van der Waals surface area contributed by atoms with E-state index in [1.807, 2.05) is 50.2 Å². The lowest BCUT2D eigenvalue weighted by Crippen LogP contribution is -2.29. The minimum atomic E-state index is -0.481. The summed E-state index contributed by atoms with van der Waals surface area (Å²) in [5, 5.41) is 18.0. The molecule has 34 heavy (non-hydrogen) atoms. The number of carbonyl (C=O) groups is 1. The molecule has 1 atom stereocenters. The first-order chi connectivity index (χ1) is 16.5. The molecule has 0 saturated carbocycles. The van der Waals surface area contributed by atoms with Crippen molar-refractivity contribution in [1.29, 1.82) is 0 Å². The van der Waals surface area contributed by atoms with Crippen LogP contribution in [0.25, 0.3) is 11.3 Å². The number of aromatic amines is 1. The molecule has 0 radical (unpaired) electrons. The van der Waals surface area contributed by atoms with Crippen LogP contribution in [0.15, 0.2) is 59.2 Å². The van der Waals surface area contributed by atoms with Crippen molar-refractivity contribution in [2.45, 2.75) is 26.4 Å². The van der Waals surface area contributed by atoms with E-state index in [1.165, 1.54) is 0 Å². The third-order valence-corrected chi connectivity index (χ3v) is 5.98. The molecule has 8 heteroatoms. The van der Waals surface area contributed by atoms with Gasteiger partial charge in [0.25, 0.3) is 5.91 Å². The number of aromatic nitrogens is 2. The summed E-state index contributed by atoms with van der Waals surface area (Å²) in [6.07, 6.45) is 1.59. The maximum atomic E-state index is 13.5. The molecule has 8 nitrogen and oxygen atoms in total. The molecular weight excluding hydrogens is 434 g/mol.